The quantitative estimate of drug-likeness (QED) is 0.0947. The zero-order chi connectivity index (χ0) is 24.6. The fourth-order valence-corrected chi connectivity index (χ4v) is 3.73. The van der Waals surface area contributed by atoms with Crippen LogP contribution < -0.4 is 33.6 Å². The molecule has 2 aromatic carbocycles. The molecule has 0 fully saturated rings. The largest absolute Gasteiger partial charge is 2.00 e. The van der Waals surface area contributed by atoms with Gasteiger partial charge >= 0.3 is 27.3 Å². The third-order valence-corrected chi connectivity index (χ3v) is 5.45. The third-order valence-electron chi connectivity index (χ3n) is 3.67. The fourth-order valence-electron chi connectivity index (χ4n) is 2.35. The van der Waals surface area contributed by atoms with E-state index in [1.54, 1.807) is 0 Å². The topological polar surface area (TPSA) is 243 Å². The number of hydrogen-bond acceptors (Lipinski definition) is 12. The van der Waals surface area contributed by atoms with Crippen LogP contribution in [0.25, 0.3) is 10.8 Å². The summed E-state index contributed by atoms with van der Waals surface area (Å²) in [5.41, 5.74) is 20.7. The maximum Gasteiger partial charge on any atom is 2.00 e. The summed E-state index contributed by atoms with van der Waals surface area (Å²) in [5.74, 6) is 0. The van der Waals surface area contributed by atoms with Crippen LogP contribution in [0.1, 0.15) is 0 Å². The monoisotopic (exact) mass is 606 g/mol. The van der Waals surface area contributed by atoms with Gasteiger partial charge in [-0.25, -0.2) is 16.8 Å². The number of rotatable bonds is 10. The molecule has 2 aromatic rings. The molecule has 0 aromatic heterocycles. The van der Waals surface area contributed by atoms with E-state index in [4.69, 9.17) is 22.9 Å². The van der Waals surface area contributed by atoms with Gasteiger partial charge < -0.3 is 42.7 Å². The maximum absolute atomic E-state index is 11.0. The van der Waals surface area contributed by atoms with E-state index in [0.29, 0.717) is 26.2 Å². The van der Waals surface area contributed by atoms with E-state index >= 15 is 0 Å². The SMILES string of the molecule is NCCNCCN.NCCNCCN.O=S(=O)([O-])c1cccc2c(S(=O)(=O)[O-])cccc12.[Cd+2]. The Labute approximate surface area is 215 Å². The molecule has 0 heterocycles. The van der Waals surface area contributed by atoms with Gasteiger partial charge in [0.05, 0.1) is 9.79 Å². The standard InChI is InChI=1S/C10H8O6S2.2C4H13N3.Cd/c11-17(12,13)9-5-1-3-7-8(9)4-2-6-10(7)18(14,15)16;2*5-1-3-7-4-2-6;/h1-6H,(H,11,12,13)(H,14,15,16);2*7H,1-6H2;/q;;;+2/p-2. The van der Waals surface area contributed by atoms with E-state index in [9.17, 15) is 25.9 Å². The molecule has 12 nitrogen and oxygen atoms in total. The number of nitrogens with two attached hydrogens (primary N) is 4. The van der Waals surface area contributed by atoms with Crippen LogP contribution in [0.5, 0.6) is 0 Å². The molecule has 15 heteroatoms. The summed E-state index contributed by atoms with van der Waals surface area (Å²) >= 11 is 0. The van der Waals surface area contributed by atoms with Gasteiger partial charge in [0.15, 0.2) is 0 Å². The van der Waals surface area contributed by atoms with Crippen LogP contribution in [0.2, 0.25) is 0 Å². The van der Waals surface area contributed by atoms with E-state index in [1.807, 2.05) is 0 Å². The van der Waals surface area contributed by atoms with Gasteiger partial charge in [-0.2, -0.15) is 0 Å². The Balaban J connectivity index is 0. The van der Waals surface area contributed by atoms with Gasteiger partial charge in [0.2, 0.25) is 0 Å². The van der Waals surface area contributed by atoms with E-state index in [2.05, 4.69) is 10.6 Å². The van der Waals surface area contributed by atoms with Crippen LogP contribution in [-0.4, -0.2) is 78.3 Å². The zero-order valence-corrected chi connectivity index (χ0v) is 24.1. The maximum atomic E-state index is 11.0. The molecule has 0 aliphatic carbocycles. The normalized spacial score (nSPS) is 11.0. The molecule has 0 aliphatic heterocycles. The second-order valence-electron chi connectivity index (χ2n) is 6.17. The van der Waals surface area contributed by atoms with Crippen LogP contribution in [0, 0.1) is 0 Å². The predicted molar refractivity (Wildman–Crippen MR) is 122 cm³/mol. The van der Waals surface area contributed by atoms with Crippen molar-refractivity contribution in [1.82, 2.24) is 10.6 Å². The first-order valence-corrected chi connectivity index (χ1v) is 12.5. The van der Waals surface area contributed by atoms with Crippen LogP contribution >= 0.6 is 0 Å². The Bertz CT molecular complexity index is 919. The molecular formula is C18H32CdN6O6S2. The van der Waals surface area contributed by atoms with Crippen molar-refractivity contribution < 1.29 is 53.2 Å². The molecule has 2 rings (SSSR count). The molecule has 0 saturated carbocycles. The summed E-state index contributed by atoms with van der Waals surface area (Å²) in [4.78, 5) is -1.10. The Morgan fingerprint density at radius 2 is 0.879 bits per heavy atom. The minimum absolute atomic E-state index is 0. The molecular weight excluding hydrogens is 573 g/mol. The van der Waals surface area contributed by atoms with Crippen molar-refractivity contribution in [2.75, 3.05) is 52.4 Å². The fraction of sp³-hybridized carbons (Fsp3) is 0.444. The first kappa shape index (κ1) is 34.4. The molecule has 33 heavy (non-hydrogen) atoms. The van der Waals surface area contributed by atoms with Crippen molar-refractivity contribution in [2.24, 2.45) is 22.9 Å². The average molecular weight is 605 g/mol. The summed E-state index contributed by atoms with van der Waals surface area (Å²) in [6.07, 6.45) is 0. The molecule has 184 valence electrons. The van der Waals surface area contributed by atoms with Gasteiger partial charge in [-0.1, -0.05) is 24.3 Å². The van der Waals surface area contributed by atoms with Crippen LogP contribution in [0.4, 0.5) is 0 Å². The summed E-state index contributed by atoms with van der Waals surface area (Å²) in [6.45, 7) is 6.27. The van der Waals surface area contributed by atoms with Crippen molar-refractivity contribution in [2.45, 2.75) is 9.79 Å². The predicted octanol–water partition coefficient (Wildman–Crippen LogP) is -2.37. The van der Waals surface area contributed by atoms with Crippen molar-refractivity contribution >= 4 is 31.0 Å². The van der Waals surface area contributed by atoms with Gasteiger partial charge in [0, 0.05) is 63.1 Å². The molecule has 0 aliphatic rings. The van der Waals surface area contributed by atoms with Crippen molar-refractivity contribution in [3.63, 3.8) is 0 Å². The van der Waals surface area contributed by atoms with E-state index < -0.39 is 30.0 Å². The number of fused-ring (bicyclic) bond motifs is 1. The smallest absolute Gasteiger partial charge is 0.744 e. The van der Waals surface area contributed by atoms with Gasteiger partial charge in [-0.3, -0.25) is 0 Å². The average Bonchev–Trinajstić information content (AvgIpc) is 2.73. The van der Waals surface area contributed by atoms with Crippen molar-refractivity contribution in [3.8, 4) is 0 Å². The molecule has 0 saturated heterocycles. The molecule has 0 radical (unpaired) electrons. The Kier molecular flexibility index (Phi) is 19.3. The van der Waals surface area contributed by atoms with Gasteiger partial charge in [-0.05, 0) is 12.1 Å². The summed E-state index contributed by atoms with van der Waals surface area (Å²) in [5, 5.41) is 5.91. The van der Waals surface area contributed by atoms with Crippen LogP contribution in [0.3, 0.4) is 0 Å². The summed E-state index contributed by atoms with van der Waals surface area (Å²) in [7, 11) is -9.48. The number of benzene rings is 2. The Morgan fingerprint density at radius 1 is 0.606 bits per heavy atom. The molecule has 10 N–H and O–H groups in total. The molecule has 0 unspecified atom stereocenters. The summed E-state index contributed by atoms with van der Waals surface area (Å²) in [6, 6.07) is 7.09. The Morgan fingerprint density at radius 3 is 1.09 bits per heavy atom. The first-order valence-electron chi connectivity index (χ1n) is 9.69. The molecule has 0 bridgehead atoms. The first-order chi connectivity index (χ1) is 15.0. The Hall–Kier alpha value is -0.798. The van der Waals surface area contributed by atoms with E-state index in [1.165, 1.54) is 24.3 Å². The van der Waals surface area contributed by atoms with Crippen molar-refractivity contribution in [3.05, 3.63) is 36.4 Å². The van der Waals surface area contributed by atoms with Crippen LogP contribution in [-0.2, 0) is 47.5 Å². The molecule has 0 amide bonds. The minimum Gasteiger partial charge on any atom is -0.744 e. The number of nitrogens with one attached hydrogen (secondary N) is 2. The second-order valence-corrected chi connectivity index (χ2v) is 8.87. The minimum atomic E-state index is -4.74. The zero-order valence-electron chi connectivity index (χ0n) is 18.4. The van der Waals surface area contributed by atoms with Gasteiger partial charge in [0.1, 0.15) is 20.2 Å². The van der Waals surface area contributed by atoms with E-state index in [-0.39, 0.29) is 38.1 Å². The van der Waals surface area contributed by atoms with Crippen molar-refractivity contribution in [1.29, 1.82) is 0 Å². The molecule has 0 spiro atoms. The number of hydrogen-bond donors (Lipinski definition) is 6. The molecule has 0 atom stereocenters. The second kappa shape index (κ2) is 18.5. The van der Waals surface area contributed by atoms with Gasteiger partial charge in [-0.15, -0.1) is 0 Å². The third kappa shape index (κ3) is 14.3. The van der Waals surface area contributed by atoms with E-state index in [0.717, 1.165) is 38.3 Å². The van der Waals surface area contributed by atoms with Gasteiger partial charge in [0.25, 0.3) is 0 Å². The summed E-state index contributed by atoms with van der Waals surface area (Å²) < 4.78 is 66.1. The van der Waals surface area contributed by atoms with Crippen LogP contribution in [0.15, 0.2) is 46.2 Å².